The third-order valence-corrected chi connectivity index (χ3v) is 6.96. The van der Waals surface area contributed by atoms with Crippen LogP contribution in [0.5, 0.6) is 0 Å². The highest BCUT2D eigenvalue weighted by atomic mass is 32.2. The van der Waals surface area contributed by atoms with Gasteiger partial charge >= 0.3 is 5.76 Å². The van der Waals surface area contributed by atoms with Gasteiger partial charge in [0.15, 0.2) is 5.58 Å². The van der Waals surface area contributed by atoms with Gasteiger partial charge in [0, 0.05) is 25.7 Å². The highest BCUT2D eigenvalue weighted by Gasteiger charge is 2.23. The minimum atomic E-state index is -3.80. The van der Waals surface area contributed by atoms with E-state index in [1.807, 2.05) is 30.3 Å². The Balaban J connectivity index is 1.54. The standard InChI is InChI=1S/C22H25N3O5S/c1-16-6-5-11-24(14-16)21(26)15-25-19-10-9-18(12-20(19)30-22(25)27)31(28,29)23-13-17-7-3-2-4-8-17/h2-4,7-10,12,16,23H,5-6,11,13-15H2,1H3/t16-/m0/s1. The first-order chi connectivity index (χ1) is 14.8. The molecule has 1 atom stereocenters. The number of hydrogen-bond acceptors (Lipinski definition) is 5. The Morgan fingerprint density at radius 3 is 2.71 bits per heavy atom. The number of piperidine rings is 1. The van der Waals surface area contributed by atoms with Crippen molar-refractivity contribution >= 4 is 27.0 Å². The number of rotatable bonds is 6. The molecule has 1 fully saturated rings. The molecule has 4 rings (SSSR count). The van der Waals surface area contributed by atoms with E-state index in [-0.39, 0.29) is 29.5 Å². The number of nitrogens with zero attached hydrogens (tertiary/aromatic N) is 2. The van der Waals surface area contributed by atoms with Crippen molar-refractivity contribution in [3.05, 3.63) is 64.6 Å². The second-order valence-electron chi connectivity index (χ2n) is 7.98. The van der Waals surface area contributed by atoms with Gasteiger partial charge in [-0.2, -0.15) is 0 Å². The lowest BCUT2D eigenvalue weighted by Gasteiger charge is -2.30. The predicted octanol–water partition coefficient (Wildman–Crippen LogP) is 2.33. The zero-order valence-corrected chi connectivity index (χ0v) is 18.1. The van der Waals surface area contributed by atoms with Gasteiger partial charge in [-0.05, 0) is 36.5 Å². The number of carbonyl (C=O) groups is 1. The van der Waals surface area contributed by atoms with Crippen molar-refractivity contribution in [1.29, 1.82) is 0 Å². The van der Waals surface area contributed by atoms with Gasteiger partial charge in [-0.25, -0.2) is 17.9 Å². The average Bonchev–Trinajstić information content (AvgIpc) is 3.07. The van der Waals surface area contributed by atoms with Crippen LogP contribution in [0.25, 0.3) is 11.1 Å². The van der Waals surface area contributed by atoms with E-state index in [2.05, 4.69) is 11.6 Å². The molecule has 8 nitrogen and oxygen atoms in total. The van der Waals surface area contributed by atoms with E-state index in [0.717, 1.165) is 18.4 Å². The van der Waals surface area contributed by atoms with E-state index in [9.17, 15) is 18.0 Å². The quantitative estimate of drug-likeness (QED) is 0.630. The summed E-state index contributed by atoms with van der Waals surface area (Å²) in [6.07, 6.45) is 2.04. The molecule has 1 amide bonds. The minimum Gasteiger partial charge on any atom is -0.408 e. The SMILES string of the molecule is C[C@H]1CCCN(C(=O)Cn2c(=O)oc3cc(S(=O)(=O)NCc4ccccc4)ccc32)C1. The third kappa shape index (κ3) is 4.72. The second kappa shape index (κ2) is 8.68. The van der Waals surface area contributed by atoms with Gasteiger partial charge in [0.25, 0.3) is 0 Å². The molecule has 0 radical (unpaired) electrons. The number of sulfonamides is 1. The first kappa shape index (κ1) is 21.3. The Labute approximate surface area is 180 Å². The lowest BCUT2D eigenvalue weighted by molar-refractivity contribution is -0.133. The van der Waals surface area contributed by atoms with E-state index in [1.165, 1.54) is 22.8 Å². The van der Waals surface area contributed by atoms with Crippen LogP contribution in [0, 0.1) is 5.92 Å². The number of oxazole rings is 1. The molecule has 0 saturated carbocycles. The van der Waals surface area contributed by atoms with E-state index in [1.54, 1.807) is 4.90 Å². The van der Waals surface area contributed by atoms with Crippen molar-refractivity contribution in [3.63, 3.8) is 0 Å². The molecule has 0 unspecified atom stereocenters. The average molecular weight is 444 g/mol. The molecule has 1 saturated heterocycles. The molecule has 1 aliphatic heterocycles. The maximum Gasteiger partial charge on any atom is 0.420 e. The summed E-state index contributed by atoms with van der Waals surface area (Å²) >= 11 is 0. The van der Waals surface area contributed by atoms with Crippen molar-refractivity contribution in [2.75, 3.05) is 13.1 Å². The molecule has 2 heterocycles. The summed E-state index contributed by atoms with van der Waals surface area (Å²) in [6, 6.07) is 13.4. The van der Waals surface area contributed by atoms with Crippen molar-refractivity contribution in [1.82, 2.24) is 14.2 Å². The molecule has 2 aromatic carbocycles. The van der Waals surface area contributed by atoms with Crippen molar-refractivity contribution in [2.45, 2.75) is 37.8 Å². The maximum absolute atomic E-state index is 12.7. The van der Waals surface area contributed by atoms with Crippen molar-refractivity contribution < 1.29 is 17.6 Å². The normalized spacial score (nSPS) is 17.2. The maximum atomic E-state index is 12.7. The number of amides is 1. The number of benzene rings is 2. The van der Waals surface area contributed by atoms with Crippen LogP contribution < -0.4 is 10.5 Å². The molecular weight excluding hydrogens is 418 g/mol. The zero-order valence-electron chi connectivity index (χ0n) is 17.3. The molecular formula is C22H25N3O5S. The number of aromatic nitrogens is 1. The van der Waals surface area contributed by atoms with Gasteiger partial charge in [-0.1, -0.05) is 37.3 Å². The van der Waals surface area contributed by atoms with Crippen molar-refractivity contribution in [3.8, 4) is 0 Å². The smallest absolute Gasteiger partial charge is 0.408 e. The van der Waals surface area contributed by atoms with Gasteiger partial charge in [0.05, 0.1) is 10.4 Å². The lowest BCUT2D eigenvalue weighted by Crippen LogP contribution is -2.41. The van der Waals surface area contributed by atoms with Crippen LogP contribution in [0.2, 0.25) is 0 Å². The van der Waals surface area contributed by atoms with Gasteiger partial charge in [-0.15, -0.1) is 0 Å². The Morgan fingerprint density at radius 1 is 1.19 bits per heavy atom. The van der Waals surface area contributed by atoms with Crippen LogP contribution in [0.15, 0.2) is 62.6 Å². The Kier molecular flexibility index (Phi) is 5.97. The van der Waals surface area contributed by atoms with Gasteiger partial charge in [-0.3, -0.25) is 9.36 Å². The van der Waals surface area contributed by atoms with E-state index in [0.29, 0.717) is 24.5 Å². The van der Waals surface area contributed by atoms with Crippen LogP contribution in [-0.2, 0) is 27.9 Å². The van der Waals surface area contributed by atoms with Gasteiger partial charge < -0.3 is 9.32 Å². The van der Waals surface area contributed by atoms with Crippen LogP contribution in [-0.4, -0.2) is 36.9 Å². The van der Waals surface area contributed by atoms with Crippen LogP contribution in [0.3, 0.4) is 0 Å². The molecule has 0 aliphatic carbocycles. The molecule has 1 N–H and O–H groups in total. The Bertz CT molecular complexity index is 1250. The predicted molar refractivity (Wildman–Crippen MR) is 116 cm³/mol. The van der Waals surface area contributed by atoms with E-state index < -0.39 is 15.8 Å². The number of nitrogens with one attached hydrogen (secondary N) is 1. The number of fused-ring (bicyclic) bond motifs is 1. The van der Waals surface area contributed by atoms with Crippen LogP contribution >= 0.6 is 0 Å². The largest absolute Gasteiger partial charge is 0.420 e. The fourth-order valence-corrected chi connectivity index (χ4v) is 4.91. The molecule has 0 spiro atoms. The van der Waals surface area contributed by atoms with Crippen LogP contribution in [0.1, 0.15) is 25.3 Å². The fraction of sp³-hybridized carbons (Fsp3) is 0.364. The summed E-state index contributed by atoms with van der Waals surface area (Å²) in [5.41, 5.74) is 1.35. The summed E-state index contributed by atoms with van der Waals surface area (Å²) in [5, 5.41) is 0. The molecule has 3 aromatic rings. The lowest BCUT2D eigenvalue weighted by atomic mass is 10.0. The summed E-state index contributed by atoms with van der Waals surface area (Å²) in [4.78, 5) is 26.8. The molecule has 1 aliphatic rings. The summed E-state index contributed by atoms with van der Waals surface area (Å²) in [6.45, 7) is 3.49. The number of likely N-dealkylation sites (tertiary alicyclic amines) is 1. The molecule has 9 heteroatoms. The number of hydrogen-bond donors (Lipinski definition) is 1. The topological polar surface area (TPSA) is 102 Å². The van der Waals surface area contributed by atoms with E-state index >= 15 is 0 Å². The van der Waals surface area contributed by atoms with Gasteiger partial charge in [0.2, 0.25) is 15.9 Å². The second-order valence-corrected chi connectivity index (χ2v) is 9.75. The monoisotopic (exact) mass is 443 g/mol. The molecule has 31 heavy (non-hydrogen) atoms. The molecule has 0 bridgehead atoms. The first-order valence-corrected chi connectivity index (χ1v) is 11.8. The third-order valence-electron chi connectivity index (χ3n) is 5.56. The molecule has 164 valence electrons. The summed E-state index contributed by atoms with van der Waals surface area (Å²) in [7, 11) is -3.80. The van der Waals surface area contributed by atoms with Crippen molar-refractivity contribution in [2.24, 2.45) is 5.92 Å². The first-order valence-electron chi connectivity index (χ1n) is 10.3. The minimum absolute atomic E-state index is 0.00647. The molecule has 1 aromatic heterocycles. The van der Waals surface area contributed by atoms with E-state index in [4.69, 9.17) is 4.42 Å². The fourth-order valence-electron chi connectivity index (χ4n) is 3.87. The Morgan fingerprint density at radius 2 is 1.97 bits per heavy atom. The van der Waals surface area contributed by atoms with Gasteiger partial charge in [0.1, 0.15) is 6.54 Å². The number of carbonyl (C=O) groups excluding carboxylic acids is 1. The summed E-state index contributed by atoms with van der Waals surface area (Å²) < 4.78 is 34.4. The Hall–Kier alpha value is -2.91. The highest BCUT2D eigenvalue weighted by molar-refractivity contribution is 7.89. The summed E-state index contributed by atoms with van der Waals surface area (Å²) in [5.74, 6) is -0.385. The zero-order chi connectivity index (χ0) is 22.0. The highest BCUT2D eigenvalue weighted by Crippen LogP contribution is 2.20. The van der Waals surface area contributed by atoms with Crippen LogP contribution in [0.4, 0.5) is 0 Å².